The van der Waals surface area contributed by atoms with Gasteiger partial charge in [0.25, 0.3) is 0 Å². The molecule has 1 heterocycles. The number of hydrogen-bond acceptors (Lipinski definition) is 6. The van der Waals surface area contributed by atoms with Crippen molar-refractivity contribution in [2.75, 3.05) is 18.6 Å². The van der Waals surface area contributed by atoms with Crippen molar-refractivity contribution in [2.24, 2.45) is 0 Å². The summed E-state index contributed by atoms with van der Waals surface area (Å²) in [5, 5.41) is 0. The zero-order valence-corrected chi connectivity index (χ0v) is 17.5. The van der Waals surface area contributed by atoms with Gasteiger partial charge < -0.3 is 9.64 Å². The minimum Gasteiger partial charge on any atom is -0.490 e. The molecule has 2 fully saturated rings. The number of rotatable bonds is 7. The fourth-order valence-corrected chi connectivity index (χ4v) is 4.53. The van der Waals surface area contributed by atoms with Crippen molar-refractivity contribution < 1.29 is 17.4 Å². The van der Waals surface area contributed by atoms with E-state index in [-0.39, 0.29) is 11.0 Å². The molecule has 0 spiro atoms. The van der Waals surface area contributed by atoms with Gasteiger partial charge in [0, 0.05) is 19.1 Å². The first-order valence-corrected chi connectivity index (χ1v) is 11.7. The second-order valence-electron chi connectivity index (χ2n) is 7.91. The van der Waals surface area contributed by atoms with Crippen LogP contribution in [0.4, 0.5) is 5.69 Å². The molecule has 6 nitrogen and oxygen atoms in total. The molecular weight excluding hydrogens is 388 g/mol. The van der Waals surface area contributed by atoms with Gasteiger partial charge in [-0.05, 0) is 69.0 Å². The molecule has 1 aliphatic carbocycles. The number of anilines is 1. The summed E-state index contributed by atoms with van der Waals surface area (Å²) in [6.07, 6.45) is 6.41. The van der Waals surface area contributed by atoms with Gasteiger partial charge in [-0.25, -0.2) is 5.48 Å². The van der Waals surface area contributed by atoms with Gasteiger partial charge in [-0.15, -0.1) is 4.28 Å². The third-order valence-corrected chi connectivity index (χ3v) is 6.96. The van der Waals surface area contributed by atoms with Gasteiger partial charge in [0.15, 0.2) is 0 Å². The van der Waals surface area contributed by atoms with E-state index < -0.39 is 10.1 Å². The van der Waals surface area contributed by atoms with Crippen LogP contribution in [0, 0.1) is 6.92 Å². The van der Waals surface area contributed by atoms with E-state index in [0.29, 0.717) is 5.69 Å². The molecular formula is C22H28N2O4S. The summed E-state index contributed by atoms with van der Waals surface area (Å²) >= 11 is 0. The second-order valence-corrected chi connectivity index (χ2v) is 9.46. The number of likely N-dealkylation sites (tertiary alicyclic amines) is 1. The minimum absolute atomic E-state index is 0.115. The lowest BCUT2D eigenvalue weighted by atomic mass is 9.90. The maximum absolute atomic E-state index is 12.2. The lowest BCUT2D eigenvalue weighted by molar-refractivity contribution is 0.0493. The van der Waals surface area contributed by atoms with E-state index in [0.717, 1.165) is 43.3 Å². The topological polar surface area (TPSA) is 67.9 Å². The van der Waals surface area contributed by atoms with Crippen LogP contribution in [0.15, 0.2) is 53.4 Å². The zero-order valence-electron chi connectivity index (χ0n) is 16.7. The molecule has 0 atom stereocenters. The van der Waals surface area contributed by atoms with Gasteiger partial charge in [0.1, 0.15) is 11.9 Å². The molecule has 2 aromatic rings. The van der Waals surface area contributed by atoms with Gasteiger partial charge in [-0.3, -0.25) is 0 Å². The Morgan fingerprint density at radius 3 is 2.17 bits per heavy atom. The highest BCUT2D eigenvalue weighted by atomic mass is 32.2. The number of nitrogens with zero attached hydrogens (tertiary/aromatic N) is 1. The summed E-state index contributed by atoms with van der Waals surface area (Å²) in [6.45, 7) is 4.12. The van der Waals surface area contributed by atoms with E-state index in [1.165, 1.54) is 31.4 Å². The monoisotopic (exact) mass is 416 g/mol. The Morgan fingerprint density at radius 1 is 0.931 bits per heavy atom. The summed E-state index contributed by atoms with van der Waals surface area (Å²) < 4.78 is 35.5. The Kier molecular flexibility index (Phi) is 6.08. The first kappa shape index (κ1) is 20.2. The van der Waals surface area contributed by atoms with Crippen molar-refractivity contribution in [1.29, 1.82) is 0 Å². The lowest BCUT2D eigenvalue weighted by Crippen LogP contribution is -2.46. The molecule has 0 aromatic heterocycles. The summed E-state index contributed by atoms with van der Waals surface area (Å²) in [4.78, 5) is 2.71. The average Bonchev–Trinajstić information content (AvgIpc) is 2.68. The maximum Gasteiger partial charge on any atom is 0.317 e. The molecule has 2 aliphatic rings. The van der Waals surface area contributed by atoms with Crippen LogP contribution in [0.25, 0.3) is 0 Å². The van der Waals surface area contributed by atoms with Crippen LogP contribution in [0.3, 0.4) is 0 Å². The van der Waals surface area contributed by atoms with Crippen molar-refractivity contribution in [3.8, 4) is 5.75 Å². The third-order valence-electron chi connectivity index (χ3n) is 5.80. The Hall–Kier alpha value is -2.09. The molecule has 7 heteroatoms. The molecule has 2 aromatic carbocycles. The van der Waals surface area contributed by atoms with Crippen molar-refractivity contribution >= 4 is 15.8 Å². The third kappa shape index (κ3) is 5.10. The van der Waals surface area contributed by atoms with Crippen LogP contribution in [0.2, 0.25) is 0 Å². The standard InChI is InChI=1S/C22H28N2O4S/c1-17-5-11-22(12-6-17)29(25,26)28-23-18-7-9-20(10-8-18)27-21-13-15-24(16-14-21)19-3-2-4-19/h5-12,19,21,23H,2-4,13-16H2,1H3. The summed E-state index contributed by atoms with van der Waals surface area (Å²) in [5.74, 6) is 0.791. The molecule has 1 saturated heterocycles. The summed E-state index contributed by atoms with van der Waals surface area (Å²) in [6, 6.07) is 14.5. The average molecular weight is 417 g/mol. The van der Waals surface area contributed by atoms with Crippen LogP contribution >= 0.6 is 0 Å². The molecule has 4 rings (SSSR count). The van der Waals surface area contributed by atoms with E-state index in [2.05, 4.69) is 10.4 Å². The number of nitrogens with one attached hydrogen (secondary N) is 1. The summed E-state index contributed by atoms with van der Waals surface area (Å²) in [7, 11) is -3.86. The molecule has 0 bridgehead atoms. The van der Waals surface area contributed by atoms with E-state index in [1.807, 2.05) is 19.1 Å². The molecule has 156 valence electrons. The highest BCUT2D eigenvalue weighted by Crippen LogP contribution is 2.29. The van der Waals surface area contributed by atoms with Crippen LogP contribution in [0.1, 0.15) is 37.7 Å². The van der Waals surface area contributed by atoms with Crippen LogP contribution in [-0.2, 0) is 14.4 Å². The fourth-order valence-electron chi connectivity index (χ4n) is 3.76. The number of benzene rings is 2. The van der Waals surface area contributed by atoms with Crippen LogP contribution in [-0.4, -0.2) is 38.6 Å². The quantitative estimate of drug-likeness (QED) is 0.685. The maximum atomic E-state index is 12.2. The SMILES string of the molecule is Cc1ccc(S(=O)(=O)ONc2ccc(OC3CCN(C4CCC4)CC3)cc2)cc1. The van der Waals surface area contributed by atoms with Crippen LogP contribution < -0.4 is 10.2 Å². The minimum atomic E-state index is -3.86. The number of aryl methyl sites for hydroxylation is 1. The number of piperidine rings is 1. The summed E-state index contributed by atoms with van der Waals surface area (Å²) in [5.41, 5.74) is 4.05. The van der Waals surface area contributed by atoms with Gasteiger partial charge in [0.05, 0.1) is 10.6 Å². The fraction of sp³-hybridized carbons (Fsp3) is 0.455. The van der Waals surface area contributed by atoms with Crippen molar-refractivity contribution in [3.63, 3.8) is 0 Å². The first-order chi connectivity index (χ1) is 14.0. The van der Waals surface area contributed by atoms with E-state index in [4.69, 9.17) is 9.02 Å². The molecule has 0 radical (unpaired) electrons. The largest absolute Gasteiger partial charge is 0.490 e. The molecule has 0 unspecified atom stereocenters. The van der Waals surface area contributed by atoms with Gasteiger partial charge >= 0.3 is 10.1 Å². The van der Waals surface area contributed by atoms with E-state index >= 15 is 0 Å². The van der Waals surface area contributed by atoms with Crippen molar-refractivity contribution in [1.82, 2.24) is 4.90 Å². The molecule has 1 saturated carbocycles. The lowest BCUT2D eigenvalue weighted by Gasteiger charge is -2.41. The zero-order chi connectivity index (χ0) is 20.3. The Labute approximate surface area is 172 Å². The molecule has 0 amide bonds. The van der Waals surface area contributed by atoms with E-state index in [1.54, 1.807) is 24.3 Å². The van der Waals surface area contributed by atoms with Gasteiger partial charge in [0.2, 0.25) is 0 Å². The predicted octanol–water partition coefficient (Wildman–Crippen LogP) is 4.12. The van der Waals surface area contributed by atoms with Gasteiger partial charge in [-0.1, -0.05) is 24.1 Å². The Morgan fingerprint density at radius 2 is 1.59 bits per heavy atom. The normalized spacial score (nSPS) is 18.9. The number of ether oxygens (including phenoxy) is 1. The van der Waals surface area contributed by atoms with Gasteiger partial charge in [-0.2, -0.15) is 8.42 Å². The molecule has 1 N–H and O–H groups in total. The second kappa shape index (κ2) is 8.73. The van der Waals surface area contributed by atoms with E-state index in [9.17, 15) is 8.42 Å². The Balaban J connectivity index is 1.26. The first-order valence-electron chi connectivity index (χ1n) is 10.3. The van der Waals surface area contributed by atoms with Crippen LogP contribution in [0.5, 0.6) is 5.75 Å². The highest BCUT2D eigenvalue weighted by Gasteiger charge is 2.29. The Bertz CT molecular complexity index is 901. The molecule has 29 heavy (non-hydrogen) atoms. The highest BCUT2D eigenvalue weighted by molar-refractivity contribution is 7.86. The van der Waals surface area contributed by atoms with Crippen molar-refractivity contribution in [2.45, 2.75) is 56.1 Å². The van der Waals surface area contributed by atoms with Crippen molar-refractivity contribution in [3.05, 3.63) is 54.1 Å². The predicted molar refractivity (Wildman–Crippen MR) is 112 cm³/mol. The number of hydrogen-bond donors (Lipinski definition) is 1. The molecule has 1 aliphatic heterocycles. The smallest absolute Gasteiger partial charge is 0.317 e.